The van der Waals surface area contributed by atoms with Crippen LogP contribution in [0.25, 0.3) is 6.08 Å². The zero-order valence-corrected chi connectivity index (χ0v) is 21.9. The Hall–Kier alpha value is -4.84. The maximum Gasteiger partial charge on any atom is 0.335 e. The number of carbonyl (C=O) groups is 2. The van der Waals surface area contributed by atoms with Crippen molar-refractivity contribution in [2.45, 2.75) is 6.54 Å². The third-order valence-electron chi connectivity index (χ3n) is 5.74. The molecule has 0 spiro atoms. The van der Waals surface area contributed by atoms with E-state index in [1.165, 1.54) is 49.5 Å². The number of carbonyl (C=O) groups excluding carboxylic acids is 1. The molecule has 0 radical (unpaired) electrons. The van der Waals surface area contributed by atoms with Crippen LogP contribution in [0.5, 0.6) is 17.2 Å². The molecular weight excluding hydrogens is 526 g/mol. The van der Waals surface area contributed by atoms with E-state index in [-0.39, 0.29) is 39.8 Å². The summed E-state index contributed by atoms with van der Waals surface area (Å²) in [6.45, 7) is 0.103. The van der Waals surface area contributed by atoms with Gasteiger partial charge in [0.25, 0.3) is 11.6 Å². The van der Waals surface area contributed by atoms with Crippen molar-refractivity contribution >= 4 is 46.3 Å². The standard InChI is InChI=1S/C27H23N3O8S/c1-36-20-10-8-19(9-11-20)28-27-29(15-16-4-6-17(7-5-16)26(32)33)25(31)24(39-27)13-18-12-22(37-2)23(38-3)14-21(18)30(34)35/h4-14H,15H2,1-3H3,(H,32,33)/b24-13-,28-27?. The Morgan fingerprint density at radius 1 is 1.03 bits per heavy atom. The predicted molar refractivity (Wildman–Crippen MR) is 146 cm³/mol. The molecule has 0 aromatic heterocycles. The first-order valence-electron chi connectivity index (χ1n) is 11.4. The van der Waals surface area contributed by atoms with Gasteiger partial charge in [0.05, 0.1) is 60.6 Å². The van der Waals surface area contributed by atoms with Crippen LogP contribution in [0.15, 0.2) is 70.6 Å². The van der Waals surface area contributed by atoms with Crippen LogP contribution in [-0.2, 0) is 11.3 Å². The second-order valence-corrected chi connectivity index (χ2v) is 9.13. The molecule has 1 aliphatic heterocycles. The van der Waals surface area contributed by atoms with E-state index in [0.29, 0.717) is 22.2 Å². The summed E-state index contributed by atoms with van der Waals surface area (Å²) in [5.41, 5.74) is 1.26. The molecule has 1 amide bonds. The number of thioether (sulfide) groups is 1. The van der Waals surface area contributed by atoms with Gasteiger partial charge in [-0.2, -0.15) is 0 Å². The first-order valence-corrected chi connectivity index (χ1v) is 12.2. The van der Waals surface area contributed by atoms with E-state index in [9.17, 15) is 24.8 Å². The van der Waals surface area contributed by atoms with Crippen molar-refractivity contribution in [3.8, 4) is 17.2 Å². The Balaban J connectivity index is 1.76. The summed E-state index contributed by atoms with van der Waals surface area (Å²) in [6, 6.07) is 15.8. The zero-order valence-electron chi connectivity index (χ0n) is 21.1. The number of hydrogen-bond donors (Lipinski definition) is 1. The van der Waals surface area contributed by atoms with Gasteiger partial charge in [-0.25, -0.2) is 9.79 Å². The summed E-state index contributed by atoms with van der Waals surface area (Å²) in [7, 11) is 4.33. The lowest BCUT2D eigenvalue weighted by atomic mass is 10.1. The average Bonchev–Trinajstić information content (AvgIpc) is 3.22. The normalized spacial score (nSPS) is 15.1. The number of methoxy groups -OCH3 is 3. The first kappa shape index (κ1) is 27.2. The first-order chi connectivity index (χ1) is 18.7. The molecule has 0 saturated carbocycles. The Bertz CT molecular complexity index is 1480. The van der Waals surface area contributed by atoms with E-state index < -0.39 is 16.8 Å². The highest BCUT2D eigenvalue weighted by molar-refractivity contribution is 8.18. The van der Waals surface area contributed by atoms with Gasteiger partial charge in [0.1, 0.15) is 5.75 Å². The number of aliphatic imine (C=N–C) groups is 1. The summed E-state index contributed by atoms with van der Waals surface area (Å²) < 4.78 is 15.7. The van der Waals surface area contributed by atoms with Crippen molar-refractivity contribution in [3.05, 3.63) is 92.4 Å². The third kappa shape index (κ3) is 6.02. The average molecular weight is 550 g/mol. The van der Waals surface area contributed by atoms with Crippen molar-refractivity contribution in [2.75, 3.05) is 21.3 Å². The number of carboxylic acids is 1. The van der Waals surface area contributed by atoms with E-state index in [1.54, 1.807) is 43.5 Å². The van der Waals surface area contributed by atoms with Crippen molar-refractivity contribution in [3.63, 3.8) is 0 Å². The largest absolute Gasteiger partial charge is 0.497 e. The summed E-state index contributed by atoms with van der Waals surface area (Å²) in [6.07, 6.45) is 1.42. The van der Waals surface area contributed by atoms with Crippen molar-refractivity contribution in [1.29, 1.82) is 0 Å². The molecule has 4 rings (SSSR count). The van der Waals surface area contributed by atoms with Crippen LogP contribution in [-0.4, -0.2) is 53.3 Å². The van der Waals surface area contributed by atoms with E-state index >= 15 is 0 Å². The van der Waals surface area contributed by atoms with Crippen LogP contribution in [0.3, 0.4) is 0 Å². The minimum atomic E-state index is -1.06. The van der Waals surface area contributed by atoms with Gasteiger partial charge in [0, 0.05) is 0 Å². The number of ether oxygens (including phenoxy) is 3. The molecule has 200 valence electrons. The van der Waals surface area contributed by atoms with Crippen LogP contribution in [0.4, 0.5) is 11.4 Å². The quantitative estimate of drug-likeness (QED) is 0.219. The van der Waals surface area contributed by atoms with E-state index in [0.717, 1.165) is 11.8 Å². The molecule has 12 heteroatoms. The summed E-state index contributed by atoms with van der Waals surface area (Å²) in [5.74, 6) is -0.375. The van der Waals surface area contributed by atoms with Gasteiger partial charge < -0.3 is 19.3 Å². The number of rotatable bonds is 9. The smallest absolute Gasteiger partial charge is 0.335 e. The SMILES string of the molecule is COc1ccc(N=C2S/C(=C\c3cc(OC)c(OC)cc3[N+](=O)[O-])C(=O)N2Cc2ccc(C(=O)O)cc2)cc1. The fourth-order valence-corrected chi connectivity index (χ4v) is 4.72. The Kier molecular flexibility index (Phi) is 8.15. The molecule has 1 saturated heterocycles. The molecule has 1 heterocycles. The minimum Gasteiger partial charge on any atom is -0.497 e. The monoisotopic (exact) mass is 549 g/mol. The van der Waals surface area contributed by atoms with Gasteiger partial charge in [0.15, 0.2) is 16.7 Å². The van der Waals surface area contributed by atoms with E-state index in [4.69, 9.17) is 14.2 Å². The second-order valence-electron chi connectivity index (χ2n) is 8.12. The zero-order chi connectivity index (χ0) is 28.1. The van der Waals surface area contributed by atoms with Crippen LogP contribution in [0.1, 0.15) is 21.5 Å². The number of carboxylic acid groups (broad SMARTS) is 1. The molecular formula is C27H23N3O8S. The molecule has 0 bridgehead atoms. The summed E-state index contributed by atoms with van der Waals surface area (Å²) in [4.78, 5) is 42.3. The maximum absolute atomic E-state index is 13.6. The van der Waals surface area contributed by atoms with Crippen molar-refractivity contribution < 1.29 is 33.8 Å². The Morgan fingerprint density at radius 2 is 1.67 bits per heavy atom. The number of amides is 1. The molecule has 1 fully saturated rings. The van der Waals surface area contributed by atoms with Gasteiger partial charge in [-0.15, -0.1) is 0 Å². The lowest BCUT2D eigenvalue weighted by molar-refractivity contribution is -0.385. The van der Waals surface area contributed by atoms with Crippen LogP contribution < -0.4 is 14.2 Å². The number of nitro benzene ring substituents is 1. The van der Waals surface area contributed by atoms with E-state index in [2.05, 4.69) is 4.99 Å². The highest BCUT2D eigenvalue weighted by Crippen LogP contribution is 2.40. The molecule has 0 unspecified atom stereocenters. The Labute approximate surface area is 227 Å². The summed E-state index contributed by atoms with van der Waals surface area (Å²) in [5, 5.41) is 21.3. The molecule has 0 atom stereocenters. The van der Waals surface area contributed by atoms with Gasteiger partial charge in [-0.1, -0.05) is 12.1 Å². The van der Waals surface area contributed by atoms with Crippen molar-refractivity contribution in [1.82, 2.24) is 4.90 Å². The fraction of sp³-hybridized carbons (Fsp3) is 0.148. The van der Waals surface area contributed by atoms with E-state index in [1.807, 2.05) is 0 Å². The number of nitro groups is 1. The molecule has 1 N–H and O–H groups in total. The number of nitrogens with zero attached hydrogens (tertiary/aromatic N) is 3. The highest BCUT2D eigenvalue weighted by atomic mass is 32.2. The van der Waals surface area contributed by atoms with Gasteiger partial charge >= 0.3 is 5.97 Å². The van der Waals surface area contributed by atoms with Crippen molar-refractivity contribution in [2.24, 2.45) is 4.99 Å². The molecule has 39 heavy (non-hydrogen) atoms. The van der Waals surface area contributed by atoms with Crippen LogP contribution >= 0.6 is 11.8 Å². The fourth-order valence-electron chi connectivity index (χ4n) is 3.73. The minimum absolute atomic E-state index is 0.103. The third-order valence-corrected chi connectivity index (χ3v) is 6.75. The number of amidine groups is 1. The second kappa shape index (κ2) is 11.7. The van der Waals surface area contributed by atoms with Crippen LogP contribution in [0, 0.1) is 10.1 Å². The number of benzene rings is 3. The number of hydrogen-bond acceptors (Lipinski definition) is 9. The predicted octanol–water partition coefficient (Wildman–Crippen LogP) is 5.12. The summed E-state index contributed by atoms with van der Waals surface area (Å²) >= 11 is 1.07. The Morgan fingerprint density at radius 3 is 2.23 bits per heavy atom. The van der Waals surface area contributed by atoms with Gasteiger partial charge in [-0.3, -0.25) is 19.8 Å². The van der Waals surface area contributed by atoms with Crippen LogP contribution in [0.2, 0.25) is 0 Å². The molecule has 3 aromatic rings. The molecule has 11 nitrogen and oxygen atoms in total. The molecule has 0 aliphatic carbocycles. The lowest BCUT2D eigenvalue weighted by Gasteiger charge is -2.16. The highest BCUT2D eigenvalue weighted by Gasteiger charge is 2.34. The number of aromatic carboxylic acids is 1. The maximum atomic E-state index is 13.6. The molecule has 1 aliphatic rings. The lowest BCUT2D eigenvalue weighted by Crippen LogP contribution is -2.28. The van der Waals surface area contributed by atoms with Gasteiger partial charge in [-0.05, 0) is 65.9 Å². The molecule has 3 aromatic carbocycles. The van der Waals surface area contributed by atoms with Gasteiger partial charge in [0.2, 0.25) is 0 Å². The topological polar surface area (TPSA) is 141 Å².